The van der Waals surface area contributed by atoms with Crippen LogP contribution in [0, 0.1) is 0 Å². The maximum absolute atomic E-state index is 11.8. The Morgan fingerprint density at radius 2 is 2.28 bits per heavy atom. The fraction of sp³-hybridized carbons (Fsp3) is 0.364. The van der Waals surface area contributed by atoms with Crippen molar-refractivity contribution in [3.8, 4) is 5.88 Å². The number of aromatic hydroxyl groups is 1. The molecule has 0 saturated heterocycles. The molecule has 2 heterocycles. The van der Waals surface area contributed by atoms with E-state index in [2.05, 4.69) is 9.97 Å². The second kappa shape index (κ2) is 4.77. The van der Waals surface area contributed by atoms with Gasteiger partial charge in [-0.3, -0.25) is 14.3 Å². The molecule has 96 valence electrons. The second-order valence-electron chi connectivity index (χ2n) is 3.83. The molecule has 0 aliphatic rings. The minimum atomic E-state index is -0.627. The van der Waals surface area contributed by atoms with E-state index >= 15 is 0 Å². The summed E-state index contributed by atoms with van der Waals surface area (Å²) in [7, 11) is 0. The van der Waals surface area contributed by atoms with Gasteiger partial charge in [0, 0.05) is 11.6 Å². The SMILES string of the molecule is CCc1c(O)n(C(C)c2nccs2)c(=O)[nH]c1=O. The van der Waals surface area contributed by atoms with Crippen LogP contribution in [-0.4, -0.2) is 19.6 Å². The molecular formula is C11H13N3O3S. The summed E-state index contributed by atoms with van der Waals surface area (Å²) in [6.07, 6.45) is 1.98. The Morgan fingerprint density at radius 1 is 1.56 bits per heavy atom. The first-order valence-electron chi connectivity index (χ1n) is 5.52. The van der Waals surface area contributed by atoms with E-state index in [-0.39, 0.29) is 11.4 Å². The van der Waals surface area contributed by atoms with Gasteiger partial charge in [-0.25, -0.2) is 9.78 Å². The molecule has 0 fully saturated rings. The predicted molar refractivity (Wildman–Crippen MR) is 68.3 cm³/mol. The molecule has 2 aromatic rings. The summed E-state index contributed by atoms with van der Waals surface area (Å²) in [5.41, 5.74) is -0.960. The fourth-order valence-corrected chi connectivity index (χ4v) is 2.49. The van der Waals surface area contributed by atoms with Crippen molar-refractivity contribution < 1.29 is 5.11 Å². The first-order chi connectivity index (χ1) is 8.56. The van der Waals surface area contributed by atoms with Crippen molar-refractivity contribution in [3.63, 3.8) is 0 Å². The molecule has 1 atom stereocenters. The molecule has 1 unspecified atom stereocenters. The molecule has 18 heavy (non-hydrogen) atoms. The molecule has 0 aliphatic heterocycles. The van der Waals surface area contributed by atoms with Crippen LogP contribution in [0.4, 0.5) is 0 Å². The highest BCUT2D eigenvalue weighted by Gasteiger charge is 2.19. The molecule has 0 radical (unpaired) electrons. The third kappa shape index (κ3) is 1.97. The quantitative estimate of drug-likeness (QED) is 0.863. The van der Waals surface area contributed by atoms with E-state index in [1.807, 2.05) is 0 Å². The molecule has 0 amide bonds. The normalized spacial score (nSPS) is 12.6. The van der Waals surface area contributed by atoms with E-state index in [0.717, 1.165) is 4.57 Å². The maximum Gasteiger partial charge on any atom is 0.331 e. The predicted octanol–water partition coefficient (Wildman–Crippen LogP) is 0.870. The minimum Gasteiger partial charge on any atom is -0.494 e. The summed E-state index contributed by atoms with van der Waals surface area (Å²) in [6, 6.07) is -0.417. The monoisotopic (exact) mass is 267 g/mol. The molecule has 7 heteroatoms. The van der Waals surface area contributed by atoms with E-state index in [0.29, 0.717) is 11.4 Å². The lowest BCUT2D eigenvalue weighted by atomic mass is 10.2. The van der Waals surface area contributed by atoms with E-state index in [1.165, 1.54) is 11.3 Å². The smallest absolute Gasteiger partial charge is 0.331 e. The number of rotatable bonds is 3. The van der Waals surface area contributed by atoms with Crippen molar-refractivity contribution in [2.75, 3.05) is 0 Å². The minimum absolute atomic E-state index is 0.206. The third-order valence-corrected chi connectivity index (χ3v) is 3.71. The Balaban J connectivity index is 2.65. The Kier molecular flexibility index (Phi) is 3.33. The van der Waals surface area contributed by atoms with Crippen molar-refractivity contribution in [1.82, 2.24) is 14.5 Å². The zero-order chi connectivity index (χ0) is 13.3. The number of thiazole rings is 1. The van der Waals surface area contributed by atoms with Gasteiger partial charge in [-0.1, -0.05) is 6.92 Å². The summed E-state index contributed by atoms with van der Waals surface area (Å²) >= 11 is 1.39. The molecule has 0 spiro atoms. The number of nitrogens with one attached hydrogen (secondary N) is 1. The Morgan fingerprint density at radius 3 is 2.83 bits per heavy atom. The van der Waals surface area contributed by atoms with E-state index < -0.39 is 17.3 Å². The van der Waals surface area contributed by atoms with Crippen LogP contribution in [-0.2, 0) is 6.42 Å². The van der Waals surface area contributed by atoms with Crippen LogP contribution in [0.3, 0.4) is 0 Å². The van der Waals surface area contributed by atoms with Crippen LogP contribution in [0.1, 0.15) is 30.5 Å². The van der Waals surface area contributed by atoms with Crippen LogP contribution in [0.2, 0.25) is 0 Å². The molecule has 2 rings (SSSR count). The van der Waals surface area contributed by atoms with Crippen LogP contribution in [0.25, 0.3) is 0 Å². The highest BCUT2D eigenvalue weighted by atomic mass is 32.1. The summed E-state index contributed by atoms with van der Waals surface area (Å²) in [5, 5.41) is 12.5. The summed E-state index contributed by atoms with van der Waals surface area (Å²) < 4.78 is 1.15. The second-order valence-corrected chi connectivity index (χ2v) is 4.76. The number of hydrogen-bond acceptors (Lipinski definition) is 5. The van der Waals surface area contributed by atoms with Gasteiger partial charge in [-0.15, -0.1) is 11.3 Å². The van der Waals surface area contributed by atoms with Crippen molar-refractivity contribution in [3.05, 3.63) is 43.0 Å². The Bertz CT molecular complexity index is 657. The van der Waals surface area contributed by atoms with Crippen molar-refractivity contribution in [2.45, 2.75) is 26.3 Å². The highest BCUT2D eigenvalue weighted by Crippen LogP contribution is 2.23. The molecule has 6 nitrogen and oxygen atoms in total. The lowest BCUT2D eigenvalue weighted by molar-refractivity contribution is 0.382. The van der Waals surface area contributed by atoms with Crippen molar-refractivity contribution >= 4 is 11.3 Å². The first kappa shape index (κ1) is 12.6. The maximum atomic E-state index is 11.8. The Hall–Kier alpha value is -1.89. The standard InChI is InChI=1S/C11H13N3O3S/c1-3-7-8(15)13-11(17)14(10(7)16)6(2)9-12-4-5-18-9/h4-6,16H,3H2,1-2H3,(H,13,15,17). The zero-order valence-corrected chi connectivity index (χ0v) is 10.8. The third-order valence-electron chi connectivity index (χ3n) is 2.76. The number of aromatic nitrogens is 3. The van der Waals surface area contributed by atoms with Gasteiger partial charge < -0.3 is 5.11 Å². The van der Waals surface area contributed by atoms with E-state index in [1.54, 1.807) is 25.4 Å². The average Bonchev–Trinajstić information content (AvgIpc) is 2.81. The molecule has 2 N–H and O–H groups in total. The van der Waals surface area contributed by atoms with Gasteiger partial charge >= 0.3 is 5.69 Å². The average molecular weight is 267 g/mol. The number of H-pyrrole nitrogens is 1. The van der Waals surface area contributed by atoms with Crippen molar-refractivity contribution in [1.29, 1.82) is 0 Å². The molecule has 0 saturated carbocycles. The van der Waals surface area contributed by atoms with Gasteiger partial charge in [0.15, 0.2) is 0 Å². The number of hydrogen-bond donors (Lipinski definition) is 2. The van der Waals surface area contributed by atoms with E-state index in [9.17, 15) is 14.7 Å². The van der Waals surface area contributed by atoms with Gasteiger partial charge in [0.25, 0.3) is 5.56 Å². The zero-order valence-electron chi connectivity index (χ0n) is 10.0. The van der Waals surface area contributed by atoms with Crippen LogP contribution < -0.4 is 11.2 Å². The molecule has 2 aromatic heterocycles. The van der Waals surface area contributed by atoms with Gasteiger partial charge in [0.05, 0.1) is 11.6 Å². The number of aromatic amines is 1. The van der Waals surface area contributed by atoms with Crippen molar-refractivity contribution in [2.24, 2.45) is 0 Å². The van der Waals surface area contributed by atoms with Gasteiger partial charge in [0.1, 0.15) is 5.01 Å². The summed E-state index contributed by atoms with van der Waals surface area (Å²) in [5.74, 6) is -0.283. The Labute approximate surface area is 107 Å². The lowest BCUT2D eigenvalue weighted by Gasteiger charge is -2.15. The summed E-state index contributed by atoms with van der Waals surface area (Å²) in [6.45, 7) is 3.49. The molecule has 0 aliphatic carbocycles. The number of nitrogens with zero attached hydrogens (tertiary/aromatic N) is 2. The fourth-order valence-electron chi connectivity index (χ4n) is 1.81. The van der Waals surface area contributed by atoms with Crippen LogP contribution in [0.5, 0.6) is 5.88 Å². The van der Waals surface area contributed by atoms with Crippen LogP contribution in [0.15, 0.2) is 21.2 Å². The van der Waals surface area contributed by atoms with Crippen LogP contribution >= 0.6 is 11.3 Å². The van der Waals surface area contributed by atoms with Gasteiger partial charge in [-0.2, -0.15) is 0 Å². The summed E-state index contributed by atoms with van der Waals surface area (Å²) in [4.78, 5) is 29.6. The molecular weight excluding hydrogens is 254 g/mol. The highest BCUT2D eigenvalue weighted by molar-refractivity contribution is 7.09. The van der Waals surface area contributed by atoms with E-state index in [4.69, 9.17) is 0 Å². The van der Waals surface area contributed by atoms with Gasteiger partial charge in [-0.05, 0) is 13.3 Å². The molecule has 0 bridgehead atoms. The van der Waals surface area contributed by atoms with Gasteiger partial charge in [0.2, 0.25) is 5.88 Å². The lowest BCUT2D eigenvalue weighted by Crippen LogP contribution is -2.34. The molecule has 0 aromatic carbocycles. The topological polar surface area (TPSA) is 88.0 Å². The first-order valence-corrected chi connectivity index (χ1v) is 6.40. The largest absolute Gasteiger partial charge is 0.494 e.